The molecule has 2 heteroatoms. The van der Waals surface area contributed by atoms with Gasteiger partial charge in [0.2, 0.25) is 0 Å². The van der Waals surface area contributed by atoms with E-state index in [0.29, 0.717) is 0 Å². The highest BCUT2D eigenvalue weighted by atomic mass is 32.1. The van der Waals surface area contributed by atoms with Crippen LogP contribution in [0.15, 0.2) is 65.6 Å². The Hall–Kier alpha value is -2.45. The zero-order valence-electron chi connectivity index (χ0n) is 14.6. The first-order valence-corrected chi connectivity index (χ1v) is 8.83. The van der Waals surface area contributed by atoms with E-state index in [1.165, 1.54) is 32.7 Å². The van der Waals surface area contributed by atoms with Crippen LogP contribution < -0.4 is 4.74 Å². The number of hydrogen-bond donors (Lipinski definition) is 1. The first kappa shape index (κ1) is 16.0. The minimum atomic E-state index is 0.875. The topological polar surface area (TPSA) is 9.23 Å². The zero-order valence-corrected chi connectivity index (χ0v) is 15.5. The largest absolute Gasteiger partial charge is 0.496 e. The Morgan fingerprint density at radius 1 is 0.680 bits per heavy atom. The SMILES string of the molecule is COc1ccc2cc(C)ccc2c1-c1c(S)ccc2cc(C)ccc12. The summed E-state index contributed by atoms with van der Waals surface area (Å²) in [5, 5.41) is 4.82. The van der Waals surface area contributed by atoms with Crippen molar-refractivity contribution in [1.29, 1.82) is 0 Å². The second-order valence-corrected chi connectivity index (χ2v) is 7.03. The molecule has 4 aromatic carbocycles. The van der Waals surface area contributed by atoms with Gasteiger partial charge in [0.15, 0.2) is 0 Å². The van der Waals surface area contributed by atoms with Crippen LogP contribution in [-0.2, 0) is 0 Å². The van der Waals surface area contributed by atoms with E-state index in [9.17, 15) is 0 Å². The lowest BCUT2D eigenvalue weighted by Gasteiger charge is -2.17. The minimum Gasteiger partial charge on any atom is -0.496 e. The standard InChI is InChI=1S/C23H20OS/c1-14-4-8-18-16(12-14)6-10-20(24-3)22(18)23-19-9-5-15(2)13-17(19)7-11-21(23)25/h4-13,25H,1-3H3. The number of rotatable bonds is 2. The summed E-state index contributed by atoms with van der Waals surface area (Å²) in [6.07, 6.45) is 0. The van der Waals surface area contributed by atoms with Crippen molar-refractivity contribution in [2.24, 2.45) is 0 Å². The van der Waals surface area contributed by atoms with Crippen molar-refractivity contribution < 1.29 is 4.74 Å². The summed E-state index contributed by atoms with van der Waals surface area (Å²) in [6.45, 7) is 4.24. The second kappa shape index (κ2) is 6.12. The van der Waals surface area contributed by atoms with Gasteiger partial charge in [-0.1, -0.05) is 59.7 Å². The molecule has 25 heavy (non-hydrogen) atoms. The molecule has 0 amide bonds. The summed E-state index contributed by atoms with van der Waals surface area (Å²) in [5.74, 6) is 0.875. The van der Waals surface area contributed by atoms with Crippen LogP contribution >= 0.6 is 12.6 Å². The zero-order chi connectivity index (χ0) is 17.6. The van der Waals surface area contributed by atoms with Crippen molar-refractivity contribution in [3.63, 3.8) is 0 Å². The lowest BCUT2D eigenvalue weighted by Crippen LogP contribution is -1.93. The second-order valence-electron chi connectivity index (χ2n) is 6.55. The summed E-state index contributed by atoms with van der Waals surface area (Å²) >= 11 is 4.79. The van der Waals surface area contributed by atoms with E-state index in [0.717, 1.165) is 21.8 Å². The Kier molecular flexibility index (Phi) is 3.93. The molecule has 1 nitrogen and oxygen atoms in total. The van der Waals surface area contributed by atoms with Gasteiger partial charge in [0.1, 0.15) is 5.75 Å². The monoisotopic (exact) mass is 344 g/mol. The van der Waals surface area contributed by atoms with Crippen LogP contribution in [0, 0.1) is 13.8 Å². The fraction of sp³-hybridized carbons (Fsp3) is 0.130. The van der Waals surface area contributed by atoms with Crippen LogP contribution in [0.2, 0.25) is 0 Å². The maximum absolute atomic E-state index is 5.73. The van der Waals surface area contributed by atoms with Crippen LogP contribution in [0.25, 0.3) is 32.7 Å². The number of hydrogen-bond acceptors (Lipinski definition) is 2. The maximum Gasteiger partial charge on any atom is 0.127 e. The van der Waals surface area contributed by atoms with E-state index < -0.39 is 0 Å². The average Bonchev–Trinajstić information content (AvgIpc) is 2.61. The summed E-state index contributed by atoms with van der Waals surface area (Å²) in [6, 6.07) is 21.5. The summed E-state index contributed by atoms with van der Waals surface area (Å²) in [4.78, 5) is 0.961. The highest BCUT2D eigenvalue weighted by Crippen LogP contribution is 2.43. The van der Waals surface area contributed by atoms with Crippen molar-refractivity contribution in [2.75, 3.05) is 7.11 Å². The van der Waals surface area contributed by atoms with E-state index in [1.807, 2.05) is 0 Å². The molecule has 4 rings (SSSR count). The van der Waals surface area contributed by atoms with Crippen LogP contribution in [0.1, 0.15) is 11.1 Å². The van der Waals surface area contributed by atoms with Gasteiger partial charge >= 0.3 is 0 Å². The van der Waals surface area contributed by atoms with Crippen molar-refractivity contribution in [3.8, 4) is 16.9 Å². The molecule has 0 aromatic heterocycles. The van der Waals surface area contributed by atoms with Crippen molar-refractivity contribution in [2.45, 2.75) is 18.7 Å². The van der Waals surface area contributed by atoms with Gasteiger partial charge in [-0.2, -0.15) is 0 Å². The fourth-order valence-corrected chi connectivity index (χ4v) is 3.86. The first-order valence-electron chi connectivity index (χ1n) is 8.38. The smallest absolute Gasteiger partial charge is 0.127 e. The number of thiol groups is 1. The van der Waals surface area contributed by atoms with Crippen LogP contribution in [-0.4, -0.2) is 7.11 Å². The molecular formula is C23H20OS. The lowest BCUT2D eigenvalue weighted by molar-refractivity contribution is 0.417. The number of aryl methyl sites for hydroxylation is 2. The lowest BCUT2D eigenvalue weighted by atomic mass is 9.92. The van der Waals surface area contributed by atoms with Gasteiger partial charge < -0.3 is 4.74 Å². The highest BCUT2D eigenvalue weighted by molar-refractivity contribution is 7.80. The van der Waals surface area contributed by atoms with Gasteiger partial charge in [0, 0.05) is 16.0 Å². The first-order chi connectivity index (χ1) is 12.1. The molecule has 0 saturated heterocycles. The fourth-order valence-electron chi connectivity index (χ4n) is 3.56. The van der Waals surface area contributed by atoms with E-state index in [-0.39, 0.29) is 0 Å². The van der Waals surface area contributed by atoms with E-state index >= 15 is 0 Å². The molecular weight excluding hydrogens is 324 g/mol. The average molecular weight is 344 g/mol. The third-order valence-electron chi connectivity index (χ3n) is 4.76. The van der Waals surface area contributed by atoms with E-state index in [1.54, 1.807) is 7.11 Å². The number of fused-ring (bicyclic) bond motifs is 2. The molecule has 0 radical (unpaired) electrons. The Labute approximate surface area is 153 Å². The summed E-state index contributed by atoms with van der Waals surface area (Å²) in [5.41, 5.74) is 4.75. The minimum absolute atomic E-state index is 0.875. The Morgan fingerprint density at radius 2 is 1.24 bits per heavy atom. The molecule has 0 spiro atoms. The third kappa shape index (κ3) is 2.67. The molecule has 0 N–H and O–H groups in total. The Bertz CT molecular complexity index is 1110. The molecule has 0 aliphatic heterocycles. The normalized spacial score (nSPS) is 11.2. The highest BCUT2D eigenvalue weighted by Gasteiger charge is 2.16. The van der Waals surface area contributed by atoms with Gasteiger partial charge in [0.05, 0.1) is 7.11 Å². The van der Waals surface area contributed by atoms with Gasteiger partial charge in [-0.15, -0.1) is 12.6 Å². The van der Waals surface area contributed by atoms with Crippen LogP contribution in [0.4, 0.5) is 0 Å². The molecule has 0 aliphatic rings. The molecule has 0 fully saturated rings. The quantitative estimate of drug-likeness (QED) is 0.404. The molecule has 0 bridgehead atoms. The van der Waals surface area contributed by atoms with E-state index in [2.05, 4.69) is 74.5 Å². The summed E-state index contributed by atoms with van der Waals surface area (Å²) < 4.78 is 5.73. The van der Waals surface area contributed by atoms with Crippen molar-refractivity contribution in [1.82, 2.24) is 0 Å². The van der Waals surface area contributed by atoms with Crippen molar-refractivity contribution >= 4 is 34.2 Å². The maximum atomic E-state index is 5.73. The molecule has 0 saturated carbocycles. The van der Waals surface area contributed by atoms with Crippen molar-refractivity contribution in [3.05, 3.63) is 71.8 Å². The molecule has 0 heterocycles. The molecule has 0 atom stereocenters. The Balaban J connectivity index is 2.18. The third-order valence-corrected chi connectivity index (χ3v) is 5.13. The molecule has 0 aliphatic carbocycles. The van der Waals surface area contributed by atoms with Crippen LogP contribution in [0.5, 0.6) is 5.75 Å². The molecule has 4 aromatic rings. The number of methoxy groups -OCH3 is 1. The number of benzene rings is 4. The Morgan fingerprint density at radius 3 is 1.84 bits per heavy atom. The van der Waals surface area contributed by atoms with Gasteiger partial charge in [-0.05, 0) is 47.5 Å². The van der Waals surface area contributed by atoms with Crippen LogP contribution in [0.3, 0.4) is 0 Å². The summed E-state index contributed by atoms with van der Waals surface area (Å²) in [7, 11) is 1.73. The predicted octanol–water partition coefficient (Wildman–Crippen LogP) is 6.57. The number of ether oxygens (including phenoxy) is 1. The molecule has 0 unspecified atom stereocenters. The van der Waals surface area contributed by atoms with Gasteiger partial charge in [0.25, 0.3) is 0 Å². The van der Waals surface area contributed by atoms with E-state index in [4.69, 9.17) is 17.4 Å². The van der Waals surface area contributed by atoms with Gasteiger partial charge in [-0.3, -0.25) is 0 Å². The van der Waals surface area contributed by atoms with Gasteiger partial charge in [-0.25, -0.2) is 0 Å². The predicted molar refractivity (Wildman–Crippen MR) is 110 cm³/mol. The molecule has 124 valence electrons.